The third-order valence-corrected chi connectivity index (χ3v) is 2.10. The van der Waals surface area contributed by atoms with Gasteiger partial charge in [0.05, 0.1) is 0 Å². The Labute approximate surface area is 86.4 Å². The molecule has 0 aromatic heterocycles. The largest absolute Gasteiger partial charge is 0.324 e. The molecule has 0 aliphatic heterocycles. The van der Waals surface area contributed by atoms with Crippen molar-refractivity contribution in [1.29, 1.82) is 0 Å². The molecule has 1 aromatic rings. The standard InChI is InChI=1S/C11H12F3N/c1-2-3-4-10(15)11-8(13)5-7(12)6-9(11)14/h2,5-6,10H,1,3-4,15H2/t10-/m0/s1. The van der Waals surface area contributed by atoms with Gasteiger partial charge < -0.3 is 5.73 Å². The molecule has 4 heteroatoms. The van der Waals surface area contributed by atoms with Crippen molar-refractivity contribution < 1.29 is 13.2 Å². The summed E-state index contributed by atoms with van der Waals surface area (Å²) in [6.07, 6.45) is 2.54. The van der Waals surface area contributed by atoms with Crippen molar-refractivity contribution in [2.75, 3.05) is 0 Å². The molecule has 1 atom stereocenters. The zero-order chi connectivity index (χ0) is 11.4. The molecule has 0 bridgehead atoms. The summed E-state index contributed by atoms with van der Waals surface area (Å²) in [5.74, 6) is -2.82. The average Bonchev–Trinajstić information content (AvgIpc) is 2.12. The predicted octanol–water partition coefficient (Wildman–Crippen LogP) is 3.07. The smallest absolute Gasteiger partial charge is 0.133 e. The fourth-order valence-corrected chi connectivity index (χ4v) is 1.35. The molecule has 1 nitrogen and oxygen atoms in total. The minimum absolute atomic E-state index is 0.266. The first-order chi connectivity index (χ1) is 7.06. The third-order valence-electron chi connectivity index (χ3n) is 2.10. The van der Waals surface area contributed by atoms with E-state index in [2.05, 4.69) is 6.58 Å². The van der Waals surface area contributed by atoms with Gasteiger partial charge in [0.15, 0.2) is 0 Å². The van der Waals surface area contributed by atoms with Crippen molar-refractivity contribution in [2.24, 2.45) is 5.73 Å². The number of hydrogen-bond acceptors (Lipinski definition) is 1. The molecule has 0 saturated carbocycles. The second-order valence-corrected chi connectivity index (χ2v) is 3.26. The zero-order valence-electron chi connectivity index (χ0n) is 8.14. The summed E-state index contributed by atoms with van der Waals surface area (Å²) >= 11 is 0. The van der Waals surface area contributed by atoms with Gasteiger partial charge in [-0.25, -0.2) is 13.2 Å². The van der Waals surface area contributed by atoms with Crippen LogP contribution in [0.4, 0.5) is 13.2 Å². The summed E-state index contributed by atoms with van der Waals surface area (Å²) < 4.78 is 39.0. The number of allylic oxidation sites excluding steroid dienone is 1. The summed E-state index contributed by atoms with van der Waals surface area (Å²) in [5, 5.41) is 0. The van der Waals surface area contributed by atoms with Crippen molar-refractivity contribution in [1.82, 2.24) is 0 Å². The van der Waals surface area contributed by atoms with Crippen LogP contribution in [0.3, 0.4) is 0 Å². The molecule has 15 heavy (non-hydrogen) atoms. The molecule has 1 rings (SSSR count). The first-order valence-electron chi connectivity index (χ1n) is 4.57. The molecule has 0 unspecified atom stereocenters. The maximum Gasteiger partial charge on any atom is 0.133 e. The van der Waals surface area contributed by atoms with E-state index in [0.717, 1.165) is 0 Å². The van der Waals surface area contributed by atoms with E-state index in [-0.39, 0.29) is 5.56 Å². The van der Waals surface area contributed by atoms with Crippen LogP contribution in [0.25, 0.3) is 0 Å². The quantitative estimate of drug-likeness (QED) is 0.767. The molecule has 0 aliphatic carbocycles. The Hall–Kier alpha value is -1.29. The molecule has 0 spiro atoms. The Morgan fingerprint density at radius 2 is 1.80 bits per heavy atom. The molecule has 1 aromatic carbocycles. The molecular weight excluding hydrogens is 203 g/mol. The fraction of sp³-hybridized carbons (Fsp3) is 0.273. The number of hydrogen-bond donors (Lipinski definition) is 1. The van der Waals surface area contributed by atoms with E-state index in [1.165, 1.54) is 0 Å². The van der Waals surface area contributed by atoms with Gasteiger partial charge in [-0.15, -0.1) is 6.58 Å². The molecular formula is C11H12F3N. The van der Waals surface area contributed by atoms with E-state index < -0.39 is 23.5 Å². The lowest BCUT2D eigenvalue weighted by Gasteiger charge is -2.12. The minimum Gasteiger partial charge on any atom is -0.324 e. The second kappa shape index (κ2) is 4.98. The average molecular weight is 215 g/mol. The van der Waals surface area contributed by atoms with E-state index in [1.54, 1.807) is 6.08 Å². The van der Waals surface area contributed by atoms with Crippen molar-refractivity contribution >= 4 is 0 Å². The number of benzene rings is 1. The van der Waals surface area contributed by atoms with Gasteiger partial charge in [-0.3, -0.25) is 0 Å². The summed E-state index contributed by atoms with van der Waals surface area (Å²) in [7, 11) is 0. The van der Waals surface area contributed by atoms with Crippen LogP contribution in [-0.4, -0.2) is 0 Å². The van der Waals surface area contributed by atoms with Gasteiger partial charge in [-0.05, 0) is 12.8 Å². The maximum absolute atomic E-state index is 13.2. The fourth-order valence-electron chi connectivity index (χ4n) is 1.35. The maximum atomic E-state index is 13.2. The van der Waals surface area contributed by atoms with Crippen molar-refractivity contribution in [2.45, 2.75) is 18.9 Å². The second-order valence-electron chi connectivity index (χ2n) is 3.26. The van der Waals surface area contributed by atoms with Gasteiger partial charge in [-0.2, -0.15) is 0 Å². The van der Waals surface area contributed by atoms with Gasteiger partial charge >= 0.3 is 0 Å². The zero-order valence-corrected chi connectivity index (χ0v) is 8.14. The molecule has 0 aliphatic rings. The highest BCUT2D eigenvalue weighted by Gasteiger charge is 2.17. The van der Waals surface area contributed by atoms with Crippen LogP contribution in [0.2, 0.25) is 0 Å². The normalized spacial score (nSPS) is 12.5. The van der Waals surface area contributed by atoms with Crippen molar-refractivity contribution in [3.8, 4) is 0 Å². The van der Waals surface area contributed by atoms with E-state index in [9.17, 15) is 13.2 Å². The van der Waals surface area contributed by atoms with E-state index in [1.807, 2.05) is 0 Å². The number of halogens is 3. The molecule has 0 fully saturated rings. The Balaban J connectivity index is 2.97. The monoisotopic (exact) mass is 215 g/mol. The van der Waals surface area contributed by atoms with Crippen LogP contribution in [0.1, 0.15) is 24.4 Å². The van der Waals surface area contributed by atoms with Crippen LogP contribution < -0.4 is 5.73 Å². The molecule has 0 radical (unpaired) electrons. The molecule has 0 amide bonds. The number of nitrogens with two attached hydrogens (primary N) is 1. The van der Waals surface area contributed by atoms with Gasteiger partial charge in [0.2, 0.25) is 0 Å². The Morgan fingerprint density at radius 3 is 2.27 bits per heavy atom. The molecule has 2 N–H and O–H groups in total. The highest BCUT2D eigenvalue weighted by Crippen LogP contribution is 2.23. The van der Waals surface area contributed by atoms with E-state index in [4.69, 9.17) is 5.73 Å². The topological polar surface area (TPSA) is 26.0 Å². The van der Waals surface area contributed by atoms with Crippen LogP contribution >= 0.6 is 0 Å². The lowest BCUT2D eigenvalue weighted by molar-refractivity contribution is 0.494. The Morgan fingerprint density at radius 1 is 1.27 bits per heavy atom. The number of rotatable bonds is 4. The van der Waals surface area contributed by atoms with E-state index in [0.29, 0.717) is 25.0 Å². The van der Waals surface area contributed by atoms with Gasteiger partial charge in [0.25, 0.3) is 0 Å². The summed E-state index contributed by atoms with van der Waals surface area (Å²) in [4.78, 5) is 0. The lowest BCUT2D eigenvalue weighted by atomic mass is 10.0. The minimum atomic E-state index is -0.941. The molecule has 0 saturated heterocycles. The predicted molar refractivity (Wildman–Crippen MR) is 52.7 cm³/mol. The third kappa shape index (κ3) is 2.83. The highest BCUT2D eigenvalue weighted by atomic mass is 19.1. The van der Waals surface area contributed by atoms with Crippen LogP contribution in [-0.2, 0) is 0 Å². The SMILES string of the molecule is C=CCC[C@H](N)c1c(F)cc(F)cc1F. The molecule has 82 valence electrons. The highest BCUT2D eigenvalue weighted by molar-refractivity contribution is 5.24. The summed E-state index contributed by atoms with van der Waals surface area (Å²) in [5.41, 5.74) is 5.32. The van der Waals surface area contributed by atoms with Crippen molar-refractivity contribution in [3.05, 3.63) is 47.8 Å². The lowest BCUT2D eigenvalue weighted by Crippen LogP contribution is -2.14. The summed E-state index contributed by atoms with van der Waals surface area (Å²) in [6, 6.07) is 0.488. The van der Waals surface area contributed by atoms with Crippen LogP contribution in [0, 0.1) is 17.5 Å². The first-order valence-corrected chi connectivity index (χ1v) is 4.57. The Bertz CT molecular complexity index is 340. The first kappa shape index (κ1) is 11.8. The Kier molecular flexibility index (Phi) is 3.91. The van der Waals surface area contributed by atoms with Crippen molar-refractivity contribution in [3.63, 3.8) is 0 Å². The van der Waals surface area contributed by atoms with Gasteiger partial charge in [0, 0.05) is 23.7 Å². The van der Waals surface area contributed by atoms with Gasteiger partial charge in [0.1, 0.15) is 17.5 Å². The molecule has 0 heterocycles. The van der Waals surface area contributed by atoms with Crippen LogP contribution in [0.5, 0.6) is 0 Å². The summed E-state index contributed by atoms with van der Waals surface area (Å²) in [6.45, 7) is 3.48. The van der Waals surface area contributed by atoms with E-state index >= 15 is 0 Å². The van der Waals surface area contributed by atoms with Crippen LogP contribution in [0.15, 0.2) is 24.8 Å². The van der Waals surface area contributed by atoms with Gasteiger partial charge in [-0.1, -0.05) is 6.08 Å².